The van der Waals surface area contributed by atoms with Gasteiger partial charge in [0.25, 0.3) is 0 Å². The minimum absolute atomic E-state index is 0.101. The zero-order chi connectivity index (χ0) is 13.0. The number of benzene rings is 1. The van der Waals surface area contributed by atoms with Crippen molar-refractivity contribution >= 4 is 0 Å². The Morgan fingerprint density at radius 1 is 1.44 bits per heavy atom. The van der Waals surface area contributed by atoms with Crippen molar-refractivity contribution in [3.8, 4) is 0 Å². The molecule has 1 aliphatic rings. The molecule has 1 aliphatic heterocycles. The Morgan fingerprint density at radius 2 is 2.28 bits per heavy atom. The van der Waals surface area contributed by atoms with E-state index in [1.54, 1.807) is 0 Å². The molecule has 0 aromatic heterocycles. The van der Waals surface area contributed by atoms with Crippen LogP contribution in [-0.2, 0) is 4.74 Å². The Balaban J connectivity index is 2.22. The molecular weight excluding hydrogens is 236 g/mol. The van der Waals surface area contributed by atoms with Crippen LogP contribution in [0, 0.1) is 17.6 Å². The van der Waals surface area contributed by atoms with E-state index in [9.17, 15) is 8.78 Å². The lowest BCUT2D eigenvalue weighted by Crippen LogP contribution is -2.34. The highest BCUT2D eigenvalue weighted by atomic mass is 19.1. The molecule has 2 nitrogen and oxygen atoms in total. The molecule has 0 saturated carbocycles. The van der Waals surface area contributed by atoms with Crippen molar-refractivity contribution in [2.45, 2.75) is 25.8 Å². The zero-order valence-electron chi connectivity index (χ0n) is 10.6. The summed E-state index contributed by atoms with van der Waals surface area (Å²) in [6, 6.07) is 3.69. The van der Waals surface area contributed by atoms with Crippen molar-refractivity contribution in [1.29, 1.82) is 0 Å². The van der Waals surface area contributed by atoms with Crippen LogP contribution in [0.1, 0.15) is 31.4 Å². The van der Waals surface area contributed by atoms with Crippen LogP contribution in [0.2, 0.25) is 0 Å². The Hall–Kier alpha value is -1.00. The first-order valence-electron chi connectivity index (χ1n) is 6.48. The lowest BCUT2D eigenvalue weighted by molar-refractivity contribution is 0.0387. The average molecular weight is 255 g/mol. The van der Waals surface area contributed by atoms with Gasteiger partial charge in [-0.1, -0.05) is 13.0 Å². The molecule has 18 heavy (non-hydrogen) atoms. The van der Waals surface area contributed by atoms with Gasteiger partial charge in [-0.3, -0.25) is 0 Å². The molecule has 1 heterocycles. The first kappa shape index (κ1) is 13.4. The van der Waals surface area contributed by atoms with Gasteiger partial charge in [0.1, 0.15) is 11.6 Å². The van der Waals surface area contributed by atoms with E-state index in [2.05, 4.69) is 5.32 Å². The zero-order valence-corrected chi connectivity index (χ0v) is 10.6. The number of halogens is 2. The monoisotopic (exact) mass is 255 g/mol. The number of ether oxygens (including phenoxy) is 1. The van der Waals surface area contributed by atoms with E-state index in [-0.39, 0.29) is 12.0 Å². The quantitative estimate of drug-likeness (QED) is 0.893. The first-order valence-corrected chi connectivity index (χ1v) is 6.48. The van der Waals surface area contributed by atoms with Crippen molar-refractivity contribution in [3.63, 3.8) is 0 Å². The van der Waals surface area contributed by atoms with Gasteiger partial charge < -0.3 is 10.1 Å². The normalized spacial score (nSPS) is 21.8. The van der Waals surface area contributed by atoms with Gasteiger partial charge in [0, 0.05) is 30.2 Å². The third-order valence-electron chi connectivity index (χ3n) is 3.39. The van der Waals surface area contributed by atoms with Gasteiger partial charge in [-0.2, -0.15) is 0 Å². The fourth-order valence-electron chi connectivity index (χ4n) is 2.53. The molecule has 100 valence electrons. The standard InChI is InChI=1S/C14H19F2NO/c1-2-17-14(10-4-3-7-18-9-10)12-6-5-11(15)8-13(12)16/h5-6,8,10,14,17H,2-4,7,9H2,1H3. The fraction of sp³-hybridized carbons (Fsp3) is 0.571. The second-order valence-electron chi connectivity index (χ2n) is 4.68. The van der Waals surface area contributed by atoms with Gasteiger partial charge in [0.15, 0.2) is 0 Å². The smallest absolute Gasteiger partial charge is 0.130 e. The highest BCUT2D eigenvalue weighted by Gasteiger charge is 2.27. The second kappa shape index (κ2) is 6.25. The predicted molar refractivity (Wildman–Crippen MR) is 66.3 cm³/mol. The number of hydrogen-bond acceptors (Lipinski definition) is 2. The maximum Gasteiger partial charge on any atom is 0.130 e. The maximum absolute atomic E-state index is 13.9. The predicted octanol–water partition coefficient (Wildman–Crippen LogP) is 3.04. The molecule has 1 aromatic rings. The third kappa shape index (κ3) is 3.06. The third-order valence-corrected chi connectivity index (χ3v) is 3.39. The summed E-state index contributed by atoms with van der Waals surface area (Å²) in [5, 5.41) is 3.29. The Bertz CT molecular complexity index is 391. The van der Waals surface area contributed by atoms with E-state index >= 15 is 0 Å². The molecule has 1 fully saturated rings. The van der Waals surface area contributed by atoms with E-state index in [1.165, 1.54) is 12.1 Å². The molecule has 2 atom stereocenters. The molecule has 0 spiro atoms. The highest BCUT2D eigenvalue weighted by Crippen LogP contribution is 2.30. The molecule has 2 rings (SSSR count). The molecule has 0 radical (unpaired) electrons. The molecule has 0 aliphatic carbocycles. The Labute approximate surface area is 106 Å². The largest absolute Gasteiger partial charge is 0.381 e. The highest BCUT2D eigenvalue weighted by molar-refractivity contribution is 5.23. The van der Waals surface area contributed by atoms with Gasteiger partial charge >= 0.3 is 0 Å². The Kier molecular flexibility index (Phi) is 4.66. The summed E-state index contributed by atoms with van der Waals surface area (Å²) >= 11 is 0. The van der Waals surface area contributed by atoms with Crippen LogP contribution in [0.5, 0.6) is 0 Å². The van der Waals surface area contributed by atoms with Gasteiger partial charge in [0.05, 0.1) is 6.61 Å². The molecule has 0 amide bonds. The molecule has 2 unspecified atom stereocenters. The van der Waals surface area contributed by atoms with E-state index in [0.717, 1.165) is 32.1 Å². The first-order chi connectivity index (χ1) is 8.72. The van der Waals surface area contributed by atoms with E-state index < -0.39 is 11.6 Å². The van der Waals surface area contributed by atoms with Crippen molar-refractivity contribution < 1.29 is 13.5 Å². The van der Waals surface area contributed by atoms with Crippen molar-refractivity contribution in [3.05, 3.63) is 35.4 Å². The minimum Gasteiger partial charge on any atom is -0.381 e. The maximum atomic E-state index is 13.9. The van der Waals surface area contributed by atoms with E-state index in [4.69, 9.17) is 4.74 Å². The topological polar surface area (TPSA) is 21.3 Å². The summed E-state index contributed by atoms with van der Waals surface area (Å²) in [6.45, 7) is 4.14. The minimum atomic E-state index is -0.536. The van der Waals surface area contributed by atoms with Crippen molar-refractivity contribution in [2.24, 2.45) is 5.92 Å². The van der Waals surface area contributed by atoms with Crippen LogP contribution < -0.4 is 5.32 Å². The van der Waals surface area contributed by atoms with Crippen LogP contribution >= 0.6 is 0 Å². The molecule has 4 heteroatoms. The second-order valence-corrected chi connectivity index (χ2v) is 4.68. The van der Waals surface area contributed by atoms with Gasteiger partial charge in [-0.05, 0) is 25.5 Å². The van der Waals surface area contributed by atoms with E-state index in [0.29, 0.717) is 12.2 Å². The molecule has 1 saturated heterocycles. The number of hydrogen-bond donors (Lipinski definition) is 1. The summed E-state index contributed by atoms with van der Waals surface area (Å²) in [7, 11) is 0. The van der Waals surface area contributed by atoms with Crippen LogP contribution in [-0.4, -0.2) is 19.8 Å². The number of nitrogens with one attached hydrogen (secondary N) is 1. The van der Waals surface area contributed by atoms with Gasteiger partial charge in [-0.15, -0.1) is 0 Å². The molecule has 1 aromatic carbocycles. The van der Waals surface area contributed by atoms with E-state index in [1.807, 2.05) is 6.92 Å². The molecule has 0 bridgehead atoms. The summed E-state index contributed by atoms with van der Waals surface area (Å²) in [5.74, 6) is -0.767. The van der Waals surface area contributed by atoms with Crippen LogP contribution in [0.3, 0.4) is 0 Å². The molecule has 1 N–H and O–H groups in total. The molecular formula is C14H19F2NO. The van der Waals surface area contributed by atoms with Crippen LogP contribution in [0.4, 0.5) is 8.78 Å². The number of rotatable bonds is 4. The van der Waals surface area contributed by atoms with Crippen LogP contribution in [0.25, 0.3) is 0 Å². The van der Waals surface area contributed by atoms with Crippen molar-refractivity contribution in [2.75, 3.05) is 19.8 Å². The average Bonchev–Trinajstić information content (AvgIpc) is 2.38. The summed E-state index contributed by atoms with van der Waals surface area (Å²) in [6.07, 6.45) is 2.00. The van der Waals surface area contributed by atoms with Gasteiger partial charge in [-0.25, -0.2) is 8.78 Å². The summed E-state index contributed by atoms with van der Waals surface area (Å²) < 4.78 is 32.3. The van der Waals surface area contributed by atoms with Crippen LogP contribution in [0.15, 0.2) is 18.2 Å². The Morgan fingerprint density at radius 3 is 2.89 bits per heavy atom. The van der Waals surface area contributed by atoms with Gasteiger partial charge in [0.2, 0.25) is 0 Å². The lowest BCUT2D eigenvalue weighted by Gasteiger charge is -2.31. The van der Waals surface area contributed by atoms with Crippen molar-refractivity contribution in [1.82, 2.24) is 5.32 Å². The SMILES string of the molecule is CCNC(c1ccc(F)cc1F)C1CCCOC1. The summed E-state index contributed by atoms with van der Waals surface area (Å²) in [4.78, 5) is 0. The summed E-state index contributed by atoms with van der Waals surface area (Å²) in [5.41, 5.74) is 0.536. The lowest BCUT2D eigenvalue weighted by atomic mass is 9.88. The fourth-order valence-corrected chi connectivity index (χ4v) is 2.53.